The number of benzene rings is 2. The van der Waals surface area contributed by atoms with Crippen molar-refractivity contribution >= 4 is 11.9 Å². The van der Waals surface area contributed by atoms with Crippen LogP contribution >= 0.6 is 0 Å². The maximum absolute atomic E-state index is 10.2. The standard InChI is InChI=1S/2C11H22O2.2C6H6O/c2*1-2-3-4-5-6-7-8-9-10-11(12)13;2*7-6-4-2-1-3-5-6/h2*2-10H2,1H3,(H,12,13);2*1-5,7H. The zero-order valence-corrected chi connectivity index (χ0v) is 25.1. The number of aliphatic carboxylic acids is 2. The molecule has 0 heterocycles. The highest BCUT2D eigenvalue weighted by atomic mass is 16.4. The molecule has 0 aliphatic heterocycles. The van der Waals surface area contributed by atoms with Gasteiger partial charge in [-0.15, -0.1) is 0 Å². The summed E-state index contributed by atoms with van der Waals surface area (Å²) in [6, 6.07) is 17.4. The molecule has 0 aromatic heterocycles. The molecule has 0 unspecified atom stereocenters. The molecule has 0 fully saturated rings. The third kappa shape index (κ3) is 37.1. The second-order valence-corrected chi connectivity index (χ2v) is 9.91. The van der Waals surface area contributed by atoms with Gasteiger partial charge in [-0.25, -0.2) is 0 Å². The van der Waals surface area contributed by atoms with Crippen molar-refractivity contribution in [2.24, 2.45) is 0 Å². The van der Waals surface area contributed by atoms with Crippen LogP contribution in [0.2, 0.25) is 0 Å². The van der Waals surface area contributed by atoms with Gasteiger partial charge in [-0.05, 0) is 37.1 Å². The van der Waals surface area contributed by atoms with Crippen molar-refractivity contribution in [2.45, 2.75) is 129 Å². The number of hydrogen-bond acceptors (Lipinski definition) is 4. The molecule has 0 amide bonds. The highest BCUT2D eigenvalue weighted by Gasteiger charge is 1.97. The Bertz CT molecular complexity index is 712. The fourth-order valence-corrected chi connectivity index (χ4v) is 3.68. The van der Waals surface area contributed by atoms with Crippen molar-refractivity contribution in [1.82, 2.24) is 0 Å². The van der Waals surface area contributed by atoms with E-state index in [0.717, 1.165) is 25.7 Å². The number of carboxylic acid groups (broad SMARTS) is 2. The maximum Gasteiger partial charge on any atom is 0.303 e. The first-order valence-corrected chi connectivity index (χ1v) is 15.2. The van der Waals surface area contributed by atoms with E-state index >= 15 is 0 Å². The molecule has 0 radical (unpaired) electrons. The van der Waals surface area contributed by atoms with E-state index in [9.17, 15) is 9.59 Å². The van der Waals surface area contributed by atoms with Gasteiger partial charge in [-0.2, -0.15) is 0 Å². The zero-order valence-electron chi connectivity index (χ0n) is 25.1. The number of para-hydroxylation sites is 2. The van der Waals surface area contributed by atoms with Crippen molar-refractivity contribution in [3.05, 3.63) is 60.7 Å². The summed E-state index contributed by atoms with van der Waals surface area (Å²) >= 11 is 0. The largest absolute Gasteiger partial charge is 0.508 e. The topological polar surface area (TPSA) is 115 Å². The van der Waals surface area contributed by atoms with E-state index in [0.29, 0.717) is 24.3 Å². The number of phenolic OH excluding ortho intramolecular Hbond substituents is 2. The molecule has 2 aromatic rings. The van der Waals surface area contributed by atoms with E-state index in [1.54, 1.807) is 48.5 Å². The van der Waals surface area contributed by atoms with Gasteiger partial charge in [0.1, 0.15) is 11.5 Å². The zero-order chi connectivity index (χ0) is 30.1. The minimum atomic E-state index is -0.661. The molecule has 4 N–H and O–H groups in total. The predicted octanol–water partition coefficient (Wildman–Crippen LogP) is 9.99. The second kappa shape index (κ2) is 32.2. The molecule has 0 aliphatic rings. The molecule has 228 valence electrons. The lowest BCUT2D eigenvalue weighted by Gasteiger charge is -1.99. The molecule has 0 atom stereocenters. The number of phenols is 2. The summed E-state index contributed by atoms with van der Waals surface area (Å²) in [5, 5.41) is 34.0. The van der Waals surface area contributed by atoms with E-state index in [-0.39, 0.29) is 0 Å². The van der Waals surface area contributed by atoms with Crippen molar-refractivity contribution in [3.63, 3.8) is 0 Å². The van der Waals surface area contributed by atoms with Crippen LogP contribution in [-0.4, -0.2) is 32.4 Å². The van der Waals surface area contributed by atoms with E-state index < -0.39 is 11.9 Å². The first-order chi connectivity index (χ1) is 19.3. The molecule has 2 aromatic carbocycles. The minimum absolute atomic E-state index is 0.322. The van der Waals surface area contributed by atoms with Gasteiger partial charge in [-0.1, -0.05) is 140 Å². The van der Waals surface area contributed by atoms with Gasteiger partial charge in [0, 0.05) is 12.8 Å². The number of rotatable bonds is 18. The third-order valence-electron chi connectivity index (χ3n) is 6.00. The van der Waals surface area contributed by atoms with E-state index in [1.807, 2.05) is 12.1 Å². The Labute approximate surface area is 243 Å². The van der Waals surface area contributed by atoms with Crippen molar-refractivity contribution in [3.8, 4) is 11.5 Å². The van der Waals surface area contributed by atoms with Gasteiger partial charge in [0.25, 0.3) is 0 Å². The number of carboxylic acids is 2. The summed E-state index contributed by atoms with van der Waals surface area (Å²) < 4.78 is 0. The normalized spacial score (nSPS) is 9.65. The molecule has 2 rings (SSSR count). The van der Waals surface area contributed by atoms with Crippen molar-refractivity contribution < 1.29 is 30.0 Å². The molecule has 40 heavy (non-hydrogen) atoms. The molecule has 0 saturated carbocycles. The molecule has 0 spiro atoms. The van der Waals surface area contributed by atoms with E-state index in [2.05, 4.69) is 13.8 Å². The van der Waals surface area contributed by atoms with Gasteiger partial charge in [0.15, 0.2) is 0 Å². The van der Waals surface area contributed by atoms with Gasteiger partial charge in [0.2, 0.25) is 0 Å². The molecule has 6 heteroatoms. The Morgan fingerprint density at radius 3 is 0.900 bits per heavy atom. The van der Waals surface area contributed by atoms with E-state index in [1.165, 1.54) is 77.0 Å². The van der Waals surface area contributed by atoms with Crippen molar-refractivity contribution in [1.29, 1.82) is 0 Å². The van der Waals surface area contributed by atoms with Gasteiger partial charge < -0.3 is 20.4 Å². The summed E-state index contributed by atoms with van der Waals surface area (Å²) in [6.45, 7) is 4.43. The highest BCUT2D eigenvalue weighted by molar-refractivity contribution is 5.66. The fourth-order valence-electron chi connectivity index (χ4n) is 3.68. The fraction of sp³-hybridized carbons (Fsp3) is 0.588. The summed E-state index contributed by atoms with van der Waals surface area (Å²) in [4.78, 5) is 20.3. The summed E-state index contributed by atoms with van der Waals surface area (Å²) in [5.74, 6) is -0.679. The number of aromatic hydroxyl groups is 2. The first-order valence-electron chi connectivity index (χ1n) is 15.2. The summed E-state index contributed by atoms with van der Waals surface area (Å²) in [7, 11) is 0. The molecule has 0 aliphatic carbocycles. The quantitative estimate of drug-likeness (QED) is 0.135. The second-order valence-electron chi connectivity index (χ2n) is 9.91. The molecular formula is C34H56O6. The van der Waals surface area contributed by atoms with Crippen LogP contribution in [-0.2, 0) is 9.59 Å². The van der Waals surface area contributed by atoms with Crippen LogP contribution in [0.25, 0.3) is 0 Å². The average molecular weight is 561 g/mol. The first kappa shape index (κ1) is 39.1. The smallest absolute Gasteiger partial charge is 0.303 e. The SMILES string of the molecule is CCCCCCCCCCC(=O)O.CCCCCCCCCCC(=O)O.Oc1ccccc1.Oc1ccccc1. The van der Waals surface area contributed by atoms with Crippen LogP contribution < -0.4 is 0 Å². The molecular weight excluding hydrogens is 504 g/mol. The average Bonchev–Trinajstić information content (AvgIpc) is 2.93. The van der Waals surface area contributed by atoms with Crippen molar-refractivity contribution in [2.75, 3.05) is 0 Å². The van der Waals surface area contributed by atoms with Crippen LogP contribution in [0.1, 0.15) is 129 Å². The monoisotopic (exact) mass is 560 g/mol. The minimum Gasteiger partial charge on any atom is -0.508 e. The number of hydrogen-bond donors (Lipinski definition) is 4. The summed E-state index contributed by atoms with van der Waals surface area (Å²) in [6.07, 6.45) is 20.1. The lowest BCUT2D eigenvalue weighted by Crippen LogP contribution is -1.93. The van der Waals surface area contributed by atoms with Gasteiger partial charge in [-0.3, -0.25) is 9.59 Å². The Hall–Kier alpha value is -3.02. The summed E-state index contributed by atoms with van der Waals surface area (Å²) in [5.41, 5.74) is 0. The Morgan fingerprint density at radius 1 is 0.450 bits per heavy atom. The lowest BCUT2D eigenvalue weighted by atomic mass is 10.1. The Kier molecular flexibility index (Phi) is 31.5. The van der Waals surface area contributed by atoms with Crippen LogP contribution in [0.3, 0.4) is 0 Å². The van der Waals surface area contributed by atoms with E-state index in [4.69, 9.17) is 20.4 Å². The molecule has 6 nitrogen and oxygen atoms in total. The van der Waals surface area contributed by atoms with Crippen LogP contribution in [0.4, 0.5) is 0 Å². The Morgan fingerprint density at radius 2 is 0.700 bits per heavy atom. The maximum atomic E-state index is 10.2. The number of unbranched alkanes of at least 4 members (excludes halogenated alkanes) is 14. The Balaban J connectivity index is 0. The van der Waals surface area contributed by atoms with Crippen LogP contribution in [0, 0.1) is 0 Å². The van der Waals surface area contributed by atoms with Crippen LogP contribution in [0.15, 0.2) is 60.7 Å². The number of carbonyl (C=O) groups is 2. The van der Waals surface area contributed by atoms with Gasteiger partial charge >= 0.3 is 11.9 Å². The third-order valence-corrected chi connectivity index (χ3v) is 6.00. The molecule has 0 saturated heterocycles. The highest BCUT2D eigenvalue weighted by Crippen LogP contribution is 2.10. The lowest BCUT2D eigenvalue weighted by molar-refractivity contribution is -0.138. The van der Waals surface area contributed by atoms with Crippen LogP contribution in [0.5, 0.6) is 11.5 Å². The molecule has 0 bridgehead atoms. The predicted molar refractivity (Wildman–Crippen MR) is 166 cm³/mol. The van der Waals surface area contributed by atoms with Gasteiger partial charge in [0.05, 0.1) is 0 Å².